The first-order valence-electron chi connectivity index (χ1n) is 7.73. The van der Waals surface area contributed by atoms with E-state index in [1.165, 1.54) is 7.11 Å². The maximum atomic E-state index is 11.3. The number of carbonyl (C=O) groups excluding carboxylic acids is 1. The molecule has 5 heteroatoms. The lowest BCUT2D eigenvalue weighted by Crippen LogP contribution is -2.39. The predicted octanol–water partition coefficient (Wildman–Crippen LogP) is 1.60. The first-order chi connectivity index (χ1) is 9.67. The average Bonchev–Trinajstić information content (AvgIpc) is 3.07. The summed E-state index contributed by atoms with van der Waals surface area (Å²) in [5, 5.41) is 0. The normalized spacial score (nSPS) is 30.1. The maximum absolute atomic E-state index is 11.3. The summed E-state index contributed by atoms with van der Waals surface area (Å²) in [6.07, 6.45) is 5.92. The number of esters is 1. The van der Waals surface area contributed by atoms with E-state index in [-0.39, 0.29) is 5.97 Å². The van der Waals surface area contributed by atoms with Crippen molar-refractivity contribution >= 4 is 5.97 Å². The van der Waals surface area contributed by atoms with E-state index in [1.807, 2.05) is 0 Å². The third-order valence-electron chi connectivity index (χ3n) is 4.13. The molecule has 0 amide bonds. The van der Waals surface area contributed by atoms with Crippen LogP contribution in [0.1, 0.15) is 39.0 Å². The first kappa shape index (κ1) is 15.7. The van der Waals surface area contributed by atoms with E-state index in [9.17, 15) is 4.79 Å². The van der Waals surface area contributed by atoms with E-state index in [4.69, 9.17) is 14.2 Å². The highest BCUT2D eigenvalue weighted by Gasteiger charge is 2.26. The molecule has 2 rings (SSSR count). The number of carbonyl (C=O) groups is 1. The van der Waals surface area contributed by atoms with Crippen molar-refractivity contribution in [2.75, 3.05) is 33.4 Å². The van der Waals surface area contributed by atoms with Crippen molar-refractivity contribution in [3.05, 3.63) is 0 Å². The highest BCUT2D eigenvalue weighted by Crippen LogP contribution is 2.21. The van der Waals surface area contributed by atoms with Crippen LogP contribution >= 0.6 is 0 Å². The zero-order valence-corrected chi connectivity index (χ0v) is 12.7. The fourth-order valence-electron chi connectivity index (χ4n) is 2.99. The van der Waals surface area contributed by atoms with Crippen molar-refractivity contribution in [3.8, 4) is 0 Å². The summed E-state index contributed by atoms with van der Waals surface area (Å²) < 4.78 is 16.3. The number of hydrogen-bond acceptors (Lipinski definition) is 5. The third kappa shape index (κ3) is 5.04. The maximum Gasteiger partial charge on any atom is 0.306 e. The Kier molecular flexibility index (Phi) is 6.26. The topological polar surface area (TPSA) is 48.0 Å². The van der Waals surface area contributed by atoms with E-state index in [0.717, 1.165) is 51.9 Å². The van der Waals surface area contributed by atoms with Crippen molar-refractivity contribution in [2.45, 2.75) is 57.3 Å². The Labute approximate surface area is 121 Å². The molecule has 0 aromatic heterocycles. The molecule has 2 aliphatic heterocycles. The van der Waals surface area contributed by atoms with Gasteiger partial charge in [-0.2, -0.15) is 0 Å². The van der Waals surface area contributed by atoms with Crippen molar-refractivity contribution in [1.82, 2.24) is 4.90 Å². The Morgan fingerprint density at radius 2 is 2.05 bits per heavy atom. The molecule has 3 unspecified atom stereocenters. The van der Waals surface area contributed by atoms with E-state index < -0.39 is 0 Å². The molecule has 2 heterocycles. The van der Waals surface area contributed by atoms with Crippen LogP contribution in [0.5, 0.6) is 0 Å². The molecule has 0 aromatic carbocycles. The van der Waals surface area contributed by atoms with Crippen LogP contribution < -0.4 is 0 Å². The standard InChI is InChI=1S/C15H27NO4/c1-12-5-6-14(20-12)11-16(8-7-15(17)18-2)10-13-4-3-9-19-13/h12-14H,3-11H2,1-2H3. The summed E-state index contributed by atoms with van der Waals surface area (Å²) in [6, 6.07) is 0. The van der Waals surface area contributed by atoms with Crippen LogP contribution in [0, 0.1) is 0 Å². The van der Waals surface area contributed by atoms with Crippen LogP contribution in [0.2, 0.25) is 0 Å². The van der Waals surface area contributed by atoms with Gasteiger partial charge in [0, 0.05) is 26.2 Å². The van der Waals surface area contributed by atoms with Crippen molar-refractivity contribution in [1.29, 1.82) is 0 Å². The lowest BCUT2D eigenvalue weighted by Gasteiger charge is -2.27. The molecule has 0 radical (unpaired) electrons. The predicted molar refractivity (Wildman–Crippen MR) is 75.6 cm³/mol. The molecule has 0 aromatic rings. The molecule has 5 nitrogen and oxygen atoms in total. The highest BCUT2D eigenvalue weighted by molar-refractivity contribution is 5.69. The molecule has 0 spiro atoms. The van der Waals surface area contributed by atoms with E-state index in [1.54, 1.807) is 0 Å². The van der Waals surface area contributed by atoms with Gasteiger partial charge in [0.15, 0.2) is 0 Å². The van der Waals surface area contributed by atoms with Crippen LogP contribution in [-0.4, -0.2) is 62.5 Å². The van der Waals surface area contributed by atoms with Gasteiger partial charge < -0.3 is 14.2 Å². The molecule has 0 bridgehead atoms. The Morgan fingerprint density at radius 3 is 2.65 bits per heavy atom. The van der Waals surface area contributed by atoms with Gasteiger partial charge in [0.25, 0.3) is 0 Å². The third-order valence-corrected chi connectivity index (χ3v) is 4.13. The summed E-state index contributed by atoms with van der Waals surface area (Å²) in [5.74, 6) is -0.150. The Morgan fingerprint density at radius 1 is 1.25 bits per heavy atom. The van der Waals surface area contributed by atoms with Gasteiger partial charge in [-0.15, -0.1) is 0 Å². The zero-order valence-electron chi connectivity index (χ0n) is 12.7. The molecular formula is C15H27NO4. The smallest absolute Gasteiger partial charge is 0.306 e. The summed E-state index contributed by atoms with van der Waals surface area (Å²) in [6.45, 7) is 5.50. The van der Waals surface area contributed by atoms with Crippen LogP contribution in [0.3, 0.4) is 0 Å². The second-order valence-electron chi connectivity index (χ2n) is 5.87. The Bertz CT molecular complexity index is 304. The molecule has 0 N–H and O–H groups in total. The van der Waals surface area contributed by atoms with Crippen molar-refractivity contribution in [2.24, 2.45) is 0 Å². The number of methoxy groups -OCH3 is 1. The number of ether oxygens (including phenoxy) is 3. The van der Waals surface area contributed by atoms with E-state index >= 15 is 0 Å². The number of nitrogens with zero attached hydrogens (tertiary/aromatic N) is 1. The number of hydrogen-bond donors (Lipinski definition) is 0. The molecule has 0 saturated carbocycles. The summed E-state index contributed by atoms with van der Waals surface area (Å²) in [5.41, 5.74) is 0. The largest absolute Gasteiger partial charge is 0.469 e. The Balaban J connectivity index is 1.79. The minimum absolute atomic E-state index is 0.150. The van der Waals surface area contributed by atoms with Crippen LogP contribution in [0.15, 0.2) is 0 Å². The van der Waals surface area contributed by atoms with Crippen LogP contribution in [0.25, 0.3) is 0 Å². The average molecular weight is 285 g/mol. The molecule has 2 saturated heterocycles. The summed E-state index contributed by atoms with van der Waals surface area (Å²) in [4.78, 5) is 13.6. The van der Waals surface area contributed by atoms with E-state index in [2.05, 4.69) is 11.8 Å². The lowest BCUT2D eigenvalue weighted by atomic mass is 10.1. The Hall–Kier alpha value is -0.650. The minimum Gasteiger partial charge on any atom is -0.469 e. The van der Waals surface area contributed by atoms with Crippen molar-refractivity contribution < 1.29 is 19.0 Å². The van der Waals surface area contributed by atoms with Gasteiger partial charge in [-0.25, -0.2) is 0 Å². The second kappa shape index (κ2) is 7.96. The molecule has 116 valence electrons. The first-order valence-corrected chi connectivity index (χ1v) is 7.73. The molecule has 2 aliphatic rings. The quantitative estimate of drug-likeness (QED) is 0.665. The monoisotopic (exact) mass is 285 g/mol. The van der Waals surface area contributed by atoms with Crippen LogP contribution in [0.4, 0.5) is 0 Å². The zero-order chi connectivity index (χ0) is 14.4. The molecule has 3 atom stereocenters. The summed E-state index contributed by atoms with van der Waals surface area (Å²) >= 11 is 0. The van der Waals surface area contributed by atoms with Gasteiger partial charge in [0.05, 0.1) is 31.8 Å². The molecule has 2 fully saturated rings. The lowest BCUT2D eigenvalue weighted by molar-refractivity contribution is -0.141. The van der Waals surface area contributed by atoms with Gasteiger partial charge in [0.2, 0.25) is 0 Å². The molecular weight excluding hydrogens is 258 g/mol. The van der Waals surface area contributed by atoms with Gasteiger partial charge in [0.1, 0.15) is 0 Å². The highest BCUT2D eigenvalue weighted by atomic mass is 16.5. The van der Waals surface area contributed by atoms with E-state index in [0.29, 0.717) is 24.7 Å². The SMILES string of the molecule is COC(=O)CCN(CC1CCCO1)CC1CCC(C)O1. The number of rotatable bonds is 7. The van der Waals surface area contributed by atoms with Crippen molar-refractivity contribution in [3.63, 3.8) is 0 Å². The molecule has 0 aliphatic carbocycles. The van der Waals surface area contributed by atoms with Crippen LogP contribution in [-0.2, 0) is 19.0 Å². The fraction of sp³-hybridized carbons (Fsp3) is 0.933. The minimum atomic E-state index is -0.150. The summed E-state index contributed by atoms with van der Waals surface area (Å²) in [7, 11) is 1.44. The fourth-order valence-corrected chi connectivity index (χ4v) is 2.99. The van der Waals surface area contributed by atoms with Gasteiger partial charge in [-0.1, -0.05) is 0 Å². The van der Waals surface area contributed by atoms with Gasteiger partial charge in [-0.3, -0.25) is 9.69 Å². The second-order valence-corrected chi connectivity index (χ2v) is 5.87. The van der Waals surface area contributed by atoms with Gasteiger partial charge >= 0.3 is 5.97 Å². The van der Waals surface area contributed by atoms with Gasteiger partial charge in [-0.05, 0) is 32.6 Å². The molecule has 20 heavy (non-hydrogen) atoms.